The van der Waals surface area contributed by atoms with Crippen molar-refractivity contribution < 1.29 is 19.8 Å². The van der Waals surface area contributed by atoms with Gasteiger partial charge in [0.1, 0.15) is 5.75 Å². The van der Waals surface area contributed by atoms with E-state index in [-0.39, 0.29) is 0 Å². The van der Waals surface area contributed by atoms with Gasteiger partial charge in [-0.15, -0.1) is 0 Å². The Morgan fingerprint density at radius 3 is 1.67 bits per heavy atom. The molecule has 0 aromatic heterocycles. The van der Waals surface area contributed by atoms with Crippen LogP contribution in [0.1, 0.15) is 0 Å². The molecule has 0 unspecified atom stereocenters. The van der Waals surface area contributed by atoms with Crippen LogP contribution in [0.15, 0.2) is 28.7 Å². The van der Waals surface area contributed by atoms with Crippen molar-refractivity contribution >= 4 is 43.8 Å². The van der Waals surface area contributed by atoms with E-state index in [9.17, 15) is 0 Å². The van der Waals surface area contributed by atoms with Gasteiger partial charge in [0.25, 0.3) is 0 Å². The van der Waals surface area contributed by atoms with Crippen LogP contribution in [-0.4, -0.2) is 5.11 Å². The van der Waals surface area contributed by atoms with Gasteiger partial charge < -0.3 is 5.11 Å². The Morgan fingerprint density at radius 1 is 1.08 bits per heavy atom. The second kappa shape index (κ2) is 7.48. The fourth-order valence-electron chi connectivity index (χ4n) is 0.441. The first-order valence-corrected chi connectivity index (χ1v) is 10.0. The Bertz CT molecular complexity index is 193. The van der Waals surface area contributed by atoms with E-state index >= 15 is 0 Å². The van der Waals surface area contributed by atoms with Crippen LogP contribution in [0.3, 0.4) is 0 Å². The summed E-state index contributed by atoms with van der Waals surface area (Å²) in [6.07, 6.45) is 0. The first kappa shape index (κ1) is 13.1. The van der Waals surface area contributed by atoms with E-state index in [2.05, 4.69) is 15.9 Å². The van der Waals surface area contributed by atoms with Crippen molar-refractivity contribution in [1.82, 2.24) is 0 Å². The molecular weight excluding hydrogens is 322 g/mol. The topological polar surface area (TPSA) is 20.2 Å². The SMILES string of the molecule is Oc1ccc(Br)cc1.[Cl][Ti]([Cl])[Cl]. The van der Waals surface area contributed by atoms with Gasteiger partial charge in [-0.25, -0.2) is 0 Å². The van der Waals surface area contributed by atoms with E-state index in [1.54, 1.807) is 24.3 Å². The number of phenols is 1. The molecule has 0 aliphatic carbocycles. The van der Waals surface area contributed by atoms with Gasteiger partial charge in [-0.3, -0.25) is 0 Å². The standard InChI is InChI=1S/C6H5BrO.3ClH.Ti/c7-5-1-3-6(8)4-2-5;;;;/h1-4,8H;3*1H;/q;;;;+3/p-3. The maximum absolute atomic E-state index is 8.74. The molecule has 6 heteroatoms. The normalized spacial score (nSPS) is 8.33. The third kappa shape index (κ3) is 9.17. The number of aromatic hydroxyl groups is 1. The van der Waals surface area contributed by atoms with Crippen LogP contribution in [0, 0.1) is 0 Å². The summed E-state index contributed by atoms with van der Waals surface area (Å²) in [6.45, 7) is 0. The number of hydrogen-bond donors (Lipinski definition) is 1. The van der Waals surface area contributed by atoms with Gasteiger partial charge in [0.15, 0.2) is 0 Å². The molecule has 0 bridgehead atoms. The molecule has 0 saturated heterocycles. The Labute approximate surface area is 97.2 Å². The molecular formula is C6H5BrCl3OTi. The van der Waals surface area contributed by atoms with Gasteiger partial charge in [0, 0.05) is 4.47 Å². The molecule has 0 fully saturated rings. The summed E-state index contributed by atoms with van der Waals surface area (Å²) < 4.78 is 0.982. The predicted molar refractivity (Wildman–Crippen MR) is 53.4 cm³/mol. The van der Waals surface area contributed by atoms with Crippen LogP contribution in [0.25, 0.3) is 0 Å². The Hall–Kier alpha value is 1.08. The van der Waals surface area contributed by atoms with Crippen molar-refractivity contribution in [2.24, 2.45) is 0 Å². The van der Waals surface area contributed by atoms with Crippen molar-refractivity contribution in [2.75, 3.05) is 0 Å². The first-order chi connectivity index (χ1) is 5.52. The predicted octanol–water partition coefficient (Wildman–Crippen LogP) is 4.22. The molecule has 0 amide bonds. The van der Waals surface area contributed by atoms with E-state index in [0.29, 0.717) is 5.75 Å². The van der Waals surface area contributed by atoms with Crippen molar-refractivity contribution in [3.05, 3.63) is 28.7 Å². The summed E-state index contributed by atoms with van der Waals surface area (Å²) in [4.78, 5) is 0. The number of hydrogen-bond acceptors (Lipinski definition) is 1. The molecule has 0 heterocycles. The zero-order valence-corrected chi connectivity index (χ0v) is 11.2. The first-order valence-electron chi connectivity index (χ1n) is 2.80. The van der Waals surface area contributed by atoms with Crippen LogP contribution in [0.4, 0.5) is 0 Å². The van der Waals surface area contributed by atoms with Crippen LogP contribution in [0.2, 0.25) is 0 Å². The number of phenolic OH excluding ortho intramolecular Hbond substituents is 1. The van der Waals surface area contributed by atoms with Gasteiger partial charge >= 0.3 is 42.6 Å². The van der Waals surface area contributed by atoms with Gasteiger partial charge in [0.2, 0.25) is 0 Å². The molecule has 1 aromatic carbocycles. The van der Waals surface area contributed by atoms with E-state index in [0.717, 1.165) is 4.47 Å². The zero-order chi connectivity index (χ0) is 9.56. The number of halogens is 4. The van der Waals surface area contributed by atoms with E-state index in [1.165, 1.54) is 0 Å². The van der Waals surface area contributed by atoms with Crippen LogP contribution in [-0.2, 0) is 14.7 Å². The Kier molecular flexibility index (Phi) is 8.16. The van der Waals surface area contributed by atoms with Gasteiger partial charge in [0.05, 0.1) is 0 Å². The minimum absolute atomic E-state index is 0.299. The molecule has 1 aromatic rings. The van der Waals surface area contributed by atoms with Crippen molar-refractivity contribution in [1.29, 1.82) is 0 Å². The van der Waals surface area contributed by atoms with Crippen LogP contribution < -0.4 is 0 Å². The average Bonchev–Trinajstić information content (AvgIpc) is 1.94. The average molecular weight is 327 g/mol. The third-order valence-corrected chi connectivity index (χ3v) is 1.36. The fraction of sp³-hybridized carbons (Fsp3) is 0. The number of rotatable bonds is 0. The van der Waals surface area contributed by atoms with E-state index in [4.69, 9.17) is 33.0 Å². The molecule has 12 heavy (non-hydrogen) atoms. The molecule has 0 radical (unpaired) electrons. The second-order valence-corrected chi connectivity index (χ2v) is 10.3. The molecule has 1 rings (SSSR count). The minimum atomic E-state index is -1.92. The van der Waals surface area contributed by atoms with Crippen LogP contribution in [0.5, 0.6) is 5.75 Å². The third-order valence-electron chi connectivity index (χ3n) is 0.827. The molecule has 0 aliphatic rings. The van der Waals surface area contributed by atoms with Gasteiger partial charge in [-0.1, -0.05) is 15.9 Å². The summed E-state index contributed by atoms with van der Waals surface area (Å²) in [6, 6.07) is 6.83. The van der Waals surface area contributed by atoms with Gasteiger partial charge in [-0.05, 0) is 24.3 Å². The monoisotopic (exact) mass is 325 g/mol. The Morgan fingerprint density at radius 2 is 1.42 bits per heavy atom. The summed E-state index contributed by atoms with van der Waals surface area (Å²) in [7, 11) is 14.9. The molecule has 67 valence electrons. The molecule has 1 N–H and O–H groups in total. The Balaban J connectivity index is 0.000000261. The molecule has 1 nitrogen and oxygen atoms in total. The summed E-state index contributed by atoms with van der Waals surface area (Å²) >= 11 is 1.32. The zero-order valence-electron chi connectivity index (χ0n) is 5.77. The molecule has 0 spiro atoms. The van der Waals surface area contributed by atoms with Crippen molar-refractivity contribution in [3.63, 3.8) is 0 Å². The summed E-state index contributed by atoms with van der Waals surface area (Å²) in [5, 5.41) is 8.74. The number of benzene rings is 1. The summed E-state index contributed by atoms with van der Waals surface area (Å²) in [5.74, 6) is 0.299. The van der Waals surface area contributed by atoms with Crippen molar-refractivity contribution in [3.8, 4) is 5.75 Å². The molecule has 0 atom stereocenters. The van der Waals surface area contributed by atoms with Crippen molar-refractivity contribution in [2.45, 2.75) is 0 Å². The second-order valence-electron chi connectivity index (χ2n) is 1.69. The maximum atomic E-state index is 8.74. The molecule has 0 saturated carbocycles. The van der Waals surface area contributed by atoms with Crippen LogP contribution >= 0.6 is 43.8 Å². The quantitative estimate of drug-likeness (QED) is 0.708. The van der Waals surface area contributed by atoms with E-state index in [1.807, 2.05) is 0 Å². The molecule has 0 aliphatic heterocycles. The van der Waals surface area contributed by atoms with Gasteiger partial charge in [-0.2, -0.15) is 0 Å². The fourth-order valence-corrected chi connectivity index (χ4v) is 0.705. The summed E-state index contributed by atoms with van der Waals surface area (Å²) in [5.41, 5.74) is 0. The van der Waals surface area contributed by atoms with E-state index < -0.39 is 14.7 Å².